The number of rotatable bonds is 3. The molecule has 0 bridgehead atoms. The van der Waals surface area contributed by atoms with Crippen LogP contribution in [0.15, 0.2) is 18.2 Å². The molecule has 0 aliphatic carbocycles. The van der Waals surface area contributed by atoms with Gasteiger partial charge in [-0.05, 0) is 31.9 Å². The number of anilines is 1. The van der Waals surface area contributed by atoms with E-state index < -0.39 is 10.9 Å². The highest BCUT2D eigenvalue weighted by atomic mass is 16.6. The largest absolute Gasteiger partial charge is 0.481 e. The van der Waals surface area contributed by atoms with Crippen molar-refractivity contribution in [1.29, 1.82) is 0 Å². The van der Waals surface area contributed by atoms with Gasteiger partial charge in [-0.2, -0.15) is 0 Å². The number of benzene rings is 1. The summed E-state index contributed by atoms with van der Waals surface area (Å²) < 4.78 is 0. The van der Waals surface area contributed by atoms with E-state index in [-0.39, 0.29) is 11.6 Å². The van der Waals surface area contributed by atoms with Crippen molar-refractivity contribution in [2.24, 2.45) is 5.92 Å². The third-order valence-electron chi connectivity index (χ3n) is 3.51. The first-order valence-electron chi connectivity index (χ1n) is 6.22. The van der Waals surface area contributed by atoms with E-state index in [4.69, 9.17) is 5.11 Å². The topological polar surface area (TPSA) is 83.7 Å². The average molecular weight is 264 g/mol. The average Bonchev–Trinajstić information content (AvgIpc) is 2.38. The van der Waals surface area contributed by atoms with Gasteiger partial charge in [0.25, 0.3) is 5.69 Å². The number of aliphatic carboxylic acids is 1. The molecule has 0 amide bonds. The molecular weight excluding hydrogens is 248 g/mol. The maximum atomic E-state index is 11.0. The third kappa shape index (κ3) is 2.83. The van der Waals surface area contributed by atoms with Crippen LogP contribution in [-0.4, -0.2) is 29.1 Å². The minimum Gasteiger partial charge on any atom is -0.481 e. The minimum atomic E-state index is -0.775. The van der Waals surface area contributed by atoms with E-state index in [1.54, 1.807) is 19.1 Å². The quantitative estimate of drug-likeness (QED) is 0.668. The lowest BCUT2D eigenvalue weighted by molar-refractivity contribution is -0.385. The molecule has 6 nitrogen and oxygen atoms in total. The number of aryl methyl sites for hydroxylation is 1. The Labute approximate surface area is 110 Å². The molecule has 1 saturated heterocycles. The van der Waals surface area contributed by atoms with Crippen molar-refractivity contribution in [2.75, 3.05) is 18.0 Å². The van der Waals surface area contributed by atoms with Gasteiger partial charge >= 0.3 is 5.97 Å². The lowest BCUT2D eigenvalue weighted by Gasteiger charge is -2.32. The standard InChI is InChI=1S/C13H16N2O4/c1-9-7-11(4-5-12(9)15(18)19)14-6-2-3-10(8-14)13(16)17/h4-5,7,10H,2-3,6,8H2,1H3,(H,16,17). The fourth-order valence-corrected chi connectivity index (χ4v) is 2.45. The highest BCUT2D eigenvalue weighted by Crippen LogP contribution is 2.27. The molecule has 1 atom stereocenters. The molecule has 19 heavy (non-hydrogen) atoms. The zero-order chi connectivity index (χ0) is 14.0. The van der Waals surface area contributed by atoms with Gasteiger partial charge in [-0.25, -0.2) is 0 Å². The SMILES string of the molecule is Cc1cc(N2CCCC(C(=O)O)C2)ccc1[N+](=O)[O-]. The zero-order valence-corrected chi connectivity index (χ0v) is 10.7. The Morgan fingerprint density at radius 2 is 2.26 bits per heavy atom. The van der Waals surface area contributed by atoms with Crippen LogP contribution in [0.3, 0.4) is 0 Å². The van der Waals surface area contributed by atoms with Crippen LogP contribution in [0.1, 0.15) is 18.4 Å². The molecule has 1 unspecified atom stereocenters. The molecule has 1 heterocycles. The number of nitrogens with zero attached hydrogens (tertiary/aromatic N) is 2. The normalized spacial score (nSPS) is 19.2. The zero-order valence-electron chi connectivity index (χ0n) is 10.7. The molecule has 1 fully saturated rings. The van der Waals surface area contributed by atoms with Gasteiger partial charge in [0.15, 0.2) is 0 Å². The van der Waals surface area contributed by atoms with Crippen LogP contribution in [0.25, 0.3) is 0 Å². The van der Waals surface area contributed by atoms with E-state index in [0.29, 0.717) is 18.5 Å². The molecule has 1 aliphatic heterocycles. The van der Waals surface area contributed by atoms with Crippen LogP contribution in [0.4, 0.5) is 11.4 Å². The van der Waals surface area contributed by atoms with E-state index in [0.717, 1.165) is 18.7 Å². The monoisotopic (exact) mass is 264 g/mol. The highest BCUT2D eigenvalue weighted by molar-refractivity contribution is 5.71. The van der Waals surface area contributed by atoms with Gasteiger partial charge < -0.3 is 10.0 Å². The first kappa shape index (κ1) is 13.3. The summed E-state index contributed by atoms with van der Waals surface area (Å²) in [5.74, 6) is -1.13. The van der Waals surface area contributed by atoms with Gasteiger partial charge in [-0.1, -0.05) is 0 Å². The molecule has 1 aromatic rings. The predicted molar refractivity (Wildman–Crippen MR) is 70.4 cm³/mol. The van der Waals surface area contributed by atoms with Crippen LogP contribution < -0.4 is 4.90 Å². The van der Waals surface area contributed by atoms with Crippen LogP contribution in [0.5, 0.6) is 0 Å². The number of piperidine rings is 1. The Morgan fingerprint density at radius 3 is 2.84 bits per heavy atom. The van der Waals surface area contributed by atoms with Gasteiger partial charge in [0.2, 0.25) is 0 Å². The number of carboxylic acids is 1. The van der Waals surface area contributed by atoms with Gasteiger partial charge in [0, 0.05) is 30.4 Å². The molecule has 0 saturated carbocycles. The maximum Gasteiger partial charge on any atom is 0.308 e. The highest BCUT2D eigenvalue weighted by Gasteiger charge is 2.26. The van der Waals surface area contributed by atoms with E-state index in [1.165, 1.54) is 6.07 Å². The second kappa shape index (κ2) is 5.26. The fourth-order valence-electron chi connectivity index (χ4n) is 2.45. The van der Waals surface area contributed by atoms with Crippen molar-refractivity contribution in [3.8, 4) is 0 Å². The molecule has 1 aromatic carbocycles. The summed E-state index contributed by atoms with van der Waals surface area (Å²) in [5, 5.41) is 19.8. The summed E-state index contributed by atoms with van der Waals surface area (Å²) in [5.41, 5.74) is 1.55. The van der Waals surface area contributed by atoms with Crippen molar-refractivity contribution in [2.45, 2.75) is 19.8 Å². The van der Waals surface area contributed by atoms with Crippen LogP contribution in [0, 0.1) is 23.0 Å². The third-order valence-corrected chi connectivity index (χ3v) is 3.51. The number of hydrogen-bond acceptors (Lipinski definition) is 4. The number of nitro benzene ring substituents is 1. The molecule has 2 rings (SSSR count). The molecular formula is C13H16N2O4. The lowest BCUT2D eigenvalue weighted by atomic mass is 9.97. The van der Waals surface area contributed by atoms with Crippen LogP contribution in [-0.2, 0) is 4.79 Å². The molecule has 1 aliphatic rings. The van der Waals surface area contributed by atoms with Crippen molar-refractivity contribution < 1.29 is 14.8 Å². The second-order valence-electron chi connectivity index (χ2n) is 4.85. The Balaban J connectivity index is 2.20. The van der Waals surface area contributed by atoms with Crippen molar-refractivity contribution in [3.63, 3.8) is 0 Å². The fraction of sp³-hybridized carbons (Fsp3) is 0.462. The Bertz CT molecular complexity index is 515. The molecule has 102 valence electrons. The summed E-state index contributed by atoms with van der Waals surface area (Å²) in [6, 6.07) is 4.92. The second-order valence-corrected chi connectivity index (χ2v) is 4.85. The summed E-state index contributed by atoms with van der Waals surface area (Å²) in [6.07, 6.45) is 1.52. The van der Waals surface area contributed by atoms with E-state index in [1.807, 2.05) is 4.90 Å². The molecule has 0 aromatic heterocycles. The predicted octanol–water partition coefficient (Wildman–Crippen LogP) is 2.20. The number of carbonyl (C=O) groups is 1. The molecule has 0 radical (unpaired) electrons. The number of hydrogen-bond donors (Lipinski definition) is 1. The Morgan fingerprint density at radius 1 is 1.53 bits per heavy atom. The van der Waals surface area contributed by atoms with Gasteiger partial charge in [-0.15, -0.1) is 0 Å². The molecule has 0 spiro atoms. The Kier molecular flexibility index (Phi) is 3.69. The minimum absolute atomic E-state index is 0.0931. The maximum absolute atomic E-state index is 11.0. The van der Waals surface area contributed by atoms with E-state index >= 15 is 0 Å². The van der Waals surface area contributed by atoms with E-state index in [2.05, 4.69) is 0 Å². The summed E-state index contributed by atoms with van der Waals surface area (Å²) in [7, 11) is 0. The lowest BCUT2D eigenvalue weighted by Crippen LogP contribution is -2.38. The first-order valence-corrected chi connectivity index (χ1v) is 6.22. The van der Waals surface area contributed by atoms with E-state index in [9.17, 15) is 14.9 Å². The number of carboxylic acid groups (broad SMARTS) is 1. The van der Waals surface area contributed by atoms with Gasteiger partial charge in [-0.3, -0.25) is 14.9 Å². The van der Waals surface area contributed by atoms with Crippen LogP contribution >= 0.6 is 0 Å². The number of nitro groups is 1. The summed E-state index contributed by atoms with van der Waals surface area (Å²) in [6.45, 7) is 2.95. The summed E-state index contributed by atoms with van der Waals surface area (Å²) in [4.78, 5) is 23.4. The van der Waals surface area contributed by atoms with Gasteiger partial charge in [0.1, 0.15) is 0 Å². The van der Waals surface area contributed by atoms with Crippen molar-refractivity contribution in [1.82, 2.24) is 0 Å². The summed E-state index contributed by atoms with van der Waals surface area (Å²) >= 11 is 0. The van der Waals surface area contributed by atoms with Crippen LogP contribution in [0.2, 0.25) is 0 Å². The first-order chi connectivity index (χ1) is 8.99. The Hall–Kier alpha value is -2.11. The van der Waals surface area contributed by atoms with Crippen molar-refractivity contribution in [3.05, 3.63) is 33.9 Å². The molecule has 6 heteroatoms. The van der Waals surface area contributed by atoms with Gasteiger partial charge in [0.05, 0.1) is 10.8 Å². The van der Waals surface area contributed by atoms with Crippen molar-refractivity contribution >= 4 is 17.3 Å². The molecule has 1 N–H and O–H groups in total. The smallest absolute Gasteiger partial charge is 0.308 e.